The van der Waals surface area contributed by atoms with Crippen molar-refractivity contribution in [1.82, 2.24) is 9.80 Å². The lowest BCUT2D eigenvalue weighted by Crippen LogP contribution is -2.48. The number of carbonyl (C=O) groups excluding carboxylic acids is 4. The first kappa shape index (κ1) is 22.6. The summed E-state index contributed by atoms with van der Waals surface area (Å²) in [6.45, 7) is 4.61. The number of unbranched alkanes of at least 4 members (excludes halogenated alkanes) is 1. The second-order valence-corrected chi connectivity index (χ2v) is 8.46. The van der Waals surface area contributed by atoms with Crippen molar-refractivity contribution in [1.29, 1.82) is 0 Å². The zero-order valence-corrected chi connectivity index (χ0v) is 18.8. The number of aliphatic imine (C=N–C) groups is 1. The standard InChI is InChI=1S/C25H28N4O4/c1-18(30)19-9-11-20(12-10-19)27-14-16-28(17-15-27)23(31)8-4-5-13-29-24(32)21-6-2-3-7-22(21)26-25(29)33/h2-3,6-7,9-12,21H,4-5,8,13-17H2,1H3. The van der Waals surface area contributed by atoms with Crippen LogP contribution >= 0.6 is 0 Å². The molecular formula is C25H28N4O4. The van der Waals surface area contributed by atoms with Gasteiger partial charge < -0.3 is 9.80 Å². The Kier molecular flexibility index (Phi) is 6.82. The number of hydrogen-bond donors (Lipinski definition) is 0. The summed E-state index contributed by atoms with van der Waals surface area (Å²) >= 11 is 0. The van der Waals surface area contributed by atoms with Gasteiger partial charge in [-0.1, -0.05) is 18.2 Å². The molecule has 1 aromatic carbocycles. The van der Waals surface area contributed by atoms with Crippen molar-refractivity contribution in [3.63, 3.8) is 0 Å². The number of imide groups is 1. The average Bonchev–Trinajstić information content (AvgIpc) is 2.83. The SMILES string of the molecule is CC(=O)c1ccc(N2CCN(C(=O)CCCCN3C(=O)N=C4C=CC=CC4C3=O)CC2)cc1. The van der Waals surface area contributed by atoms with Gasteiger partial charge in [0, 0.05) is 50.4 Å². The second kappa shape index (κ2) is 9.94. The molecule has 1 aromatic rings. The lowest BCUT2D eigenvalue weighted by atomic mass is 9.95. The van der Waals surface area contributed by atoms with Gasteiger partial charge in [-0.2, -0.15) is 4.99 Å². The van der Waals surface area contributed by atoms with Crippen molar-refractivity contribution < 1.29 is 19.2 Å². The third kappa shape index (κ3) is 5.10. The summed E-state index contributed by atoms with van der Waals surface area (Å²) in [6.07, 6.45) is 8.57. The Morgan fingerprint density at radius 3 is 2.42 bits per heavy atom. The molecule has 0 aromatic heterocycles. The van der Waals surface area contributed by atoms with Gasteiger partial charge in [0.25, 0.3) is 0 Å². The van der Waals surface area contributed by atoms with Crippen molar-refractivity contribution in [2.24, 2.45) is 10.9 Å². The van der Waals surface area contributed by atoms with Gasteiger partial charge in [0.2, 0.25) is 11.8 Å². The summed E-state index contributed by atoms with van der Waals surface area (Å²) < 4.78 is 0. The number of piperazine rings is 1. The van der Waals surface area contributed by atoms with Gasteiger partial charge in [-0.15, -0.1) is 0 Å². The molecule has 4 amide bonds. The molecule has 0 radical (unpaired) electrons. The number of urea groups is 1. The highest BCUT2D eigenvalue weighted by molar-refractivity contribution is 6.21. The van der Waals surface area contributed by atoms with Crippen LogP contribution in [0.1, 0.15) is 36.5 Å². The van der Waals surface area contributed by atoms with Gasteiger partial charge in [0.05, 0.1) is 11.6 Å². The lowest BCUT2D eigenvalue weighted by molar-refractivity contribution is -0.131. The molecule has 0 N–H and O–H groups in total. The zero-order valence-electron chi connectivity index (χ0n) is 18.8. The van der Waals surface area contributed by atoms with Crippen molar-refractivity contribution in [2.45, 2.75) is 26.2 Å². The molecule has 3 aliphatic rings. The molecule has 4 rings (SSSR count). The first-order chi connectivity index (χ1) is 15.9. The van der Waals surface area contributed by atoms with Crippen LogP contribution in [0.15, 0.2) is 53.6 Å². The molecule has 2 heterocycles. The monoisotopic (exact) mass is 448 g/mol. The maximum Gasteiger partial charge on any atom is 0.350 e. The number of nitrogens with zero attached hydrogens (tertiary/aromatic N) is 4. The smallest absolute Gasteiger partial charge is 0.350 e. The molecule has 33 heavy (non-hydrogen) atoms. The number of ketones is 1. The number of fused-ring (bicyclic) bond motifs is 1. The number of allylic oxidation sites excluding steroid dienone is 3. The Morgan fingerprint density at radius 2 is 1.73 bits per heavy atom. The van der Waals surface area contributed by atoms with Crippen LogP contribution in [-0.2, 0) is 9.59 Å². The Labute approximate surface area is 193 Å². The topological polar surface area (TPSA) is 90.4 Å². The van der Waals surface area contributed by atoms with Gasteiger partial charge in [-0.3, -0.25) is 19.3 Å². The molecule has 1 fully saturated rings. The van der Waals surface area contributed by atoms with Crippen LogP contribution in [0.3, 0.4) is 0 Å². The van der Waals surface area contributed by atoms with Gasteiger partial charge in [0.15, 0.2) is 5.78 Å². The first-order valence-electron chi connectivity index (χ1n) is 11.4. The van der Waals surface area contributed by atoms with E-state index in [1.807, 2.05) is 29.2 Å². The summed E-state index contributed by atoms with van der Waals surface area (Å²) in [4.78, 5) is 58.1. The molecule has 2 aliphatic heterocycles. The van der Waals surface area contributed by atoms with Crippen molar-refractivity contribution >= 4 is 35.0 Å². The van der Waals surface area contributed by atoms with Gasteiger partial charge >= 0.3 is 6.03 Å². The minimum Gasteiger partial charge on any atom is -0.368 e. The number of anilines is 1. The molecule has 8 heteroatoms. The number of amides is 4. The summed E-state index contributed by atoms with van der Waals surface area (Å²) in [5.41, 5.74) is 2.24. The minimum absolute atomic E-state index is 0.0476. The van der Waals surface area contributed by atoms with Gasteiger partial charge in [-0.05, 0) is 50.1 Å². The van der Waals surface area contributed by atoms with Crippen molar-refractivity contribution in [3.05, 3.63) is 54.1 Å². The Balaban J connectivity index is 1.19. The quantitative estimate of drug-likeness (QED) is 0.473. The van der Waals surface area contributed by atoms with Crippen LogP contribution < -0.4 is 4.90 Å². The number of hydrogen-bond acceptors (Lipinski definition) is 5. The number of carbonyl (C=O) groups is 4. The first-order valence-corrected chi connectivity index (χ1v) is 11.4. The van der Waals surface area contributed by atoms with E-state index in [1.54, 1.807) is 31.2 Å². The van der Waals surface area contributed by atoms with E-state index in [-0.39, 0.29) is 24.1 Å². The van der Waals surface area contributed by atoms with E-state index >= 15 is 0 Å². The Morgan fingerprint density at radius 1 is 1.00 bits per heavy atom. The third-order valence-electron chi connectivity index (χ3n) is 6.28. The largest absolute Gasteiger partial charge is 0.368 e. The normalized spacial score (nSPS) is 20.1. The summed E-state index contributed by atoms with van der Waals surface area (Å²) in [5.74, 6) is -0.585. The highest BCUT2D eigenvalue weighted by Crippen LogP contribution is 2.21. The van der Waals surface area contributed by atoms with Crippen LogP contribution in [0, 0.1) is 5.92 Å². The van der Waals surface area contributed by atoms with Crippen LogP contribution in [0.5, 0.6) is 0 Å². The third-order valence-corrected chi connectivity index (χ3v) is 6.28. The molecule has 0 bridgehead atoms. The zero-order chi connectivity index (χ0) is 23.4. The van der Waals surface area contributed by atoms with Crippen LogP contribution in [0.2, 0.25) is 0 Å². The van der Waals surface area contributed by atoms with E-state index in [0.717, 1.165) is 18.8 Å². The molecule has 1 aliphatic carbocycles. The summed E-state index contributed by atoms with van der Waals surface area (Å²) in [6, 6.07) is 7.04. The molecule has 1 unspecified atom stereocenters. The molecule has 172 valence electrons. The second-order valence-electron chi connectivity index (χ2n) is 8.46. The number of benzene rings is 1. The summed E-state index contributed by atoms with van der Waals surface area (Å²) in [5, 5.41) is 0. The molecule has 1 saturated heterocycles. The van der Waals surface area contributed by atoms with E-state index in [2.05, 4.69) is 9.89 Å². The lowest BCUT2D eigenvalue weighted by Gasteiger charge is -2.36. The van der Waals surface area contributed by atoms with Gasteiger partial charge in [-0.25, -0.2) is 4.79 Å². The number of rotatable bonds is 7. The molecule has 0 spiro atoms. The van der Waals surface area contributed by atoms with E-state index < -0.39 is 11.9 Å². The molecule has 8 nitrogen and oxygen atoms in total. The van der Waals surface area contributed by atoms with Crippen molar-refractivity contribution in [2.75, 3.05) is 37.6 Å². The molecule has 1 atom stereocenters. The van der Waals surface area contributed by atoms with E-state index in [0.29, 0.717) is 43.6 Å². The van der Waals surface area contributed by atoms with Crippen LogP contribution in [0.4, 0.5) is 10.5 Å². The van der Waals surface area contributed by atoms with Gasteiger partial charge in [0.1, 0.15) is 0 Å². The Bertz CT molecular complexity index is 1030. The highest BCUT2D eigenvalue weighted by Gasteiger charge is 2.35. The van der Waals surface area contributed by atoms with Crippen LogP contribution in [-0.4, -0.2) is 71.9 Å². The van der Waals surface area contributed by atoms with E-state index in [4.69, 9.17) is 0 Å². The minimum atomic E-state index is -0.523. The van der Waals surface area contributed by atoms with E-state index in [1.165, 1.54) is 4.90 Å². The highest BCUT2D eigenvalue weighted by atomic mass is 16.2. The fraction of sp³-hybridized carbons (Fsp3) is 0.400. The van der Waals surface area contributed by atoms with Crippen LogP contribution in [0.25, 0.3) is 0 Å². The predicted octanol–water partition coefficient (Wildman–Crippen LogP) is 2.85. The summed E-state index contributed by atoms with van der Waals surface area (Å²) in [7, 11) is 0. The van der Waals surface area contributed by atoms with Crippen molar-refractivity contribution in [3.8, 4) is 0 Å². The fourth-order valence-corrected chi connectivity index (χ4v) is 4.31. The molecule has 0 saturated carbocycles. The Hall–Kier alpha value is -3.55. The fourth-order valence-electron chi connectivity index (χ4n) is 4.31. The predicted molar refractivity (Wildman–Crippen MR) is 125 cm³/mol. The average molecular weight is 449 g/mol. The number of Topliss-reactive ketones (excluding diaryl/α,β-unsaturated/α-hetero) is 1. The van der Waals surface area contributed by atoms with E-state index in [9.17, 15) is 19.2 Å². The maximum absolute atomic E-state index is 12.6. The maximum atomic E-state index is 12.6. The molecular weight excluding hydrogens is 420 g/mol.